The van der Waals surface area contributed by atoms with Crippen molar-refractivity contribution in [1.29, 1.82) is 0 Å². The Labute approximate surface area is 202 Å². The number of nitrogens with one attached hydrogen (secondary N) is 2. The number of allylic oxidation sites excluding steroid dienone is 1. The highest BCUT2D eigenvalue weighted by atomic mass is 16.7. The van der Waals surface area contributed by atoms with E-state index in [4.69, 9.17) is 9.57 Å². The number of rotatable bonds is 8. The van der Waals surface area contributed by atoms with Crippen molar-refractivity contribution in [2.45, 2.75) is 76.7 Å². The van der Waals surface area contributed by atoms with Gasteiger partial charge in [-0.05, 0) is 64.4 Å². The summed E-state index contributed by atoms with van der Waals surface area (Å²) in [5.41, 5.74) is 4.45. The van der Waals surface area contributed by atoms with E-state index in [1.54, 1.807) is 0 Å². The third-order valence-electron chi connectivity index (χ3n) is 6.46. The van der Waals surface area contributed by atoms with Crippen LogP contribution in [0.25, 0.3) is 0 Å². The summed E-state index contributed by atoms with van der Waals surface area (Å²) in [4.78, 5) is 32.7. The van der Waals surface area contributed by atoms with Crippen molar-refractivity contribution < 1.29 is 24.3 Å². The maximum atomic E-state index is 13.1. The van der Waals surface area contributed by atoms with E-state index in [0.29, 0.717) is 25.3 Å². The Balaban J connectivity index is 1.76. The number of benzene rings is 1. The monoisotopic (exact) mass is 473 g/mol. The molecule has 3 N–H and O–H groups in total. The van der Waals surface area contributed by atoms with Crippen LogP contribution >= 0.6 is 0 Å². The molecule has 3 rings (SSSR count). The van der Waals surface area contributed by atoms with Crippen molar-refractivity contribution >= 4 is 12.0 Å². The molecule has 4 atom stereocenters. The van der Waals surface area contributed by atoms with Crippen LogP contribution in [-0.2, 0) is 20.8 Å². The van der Waals surface area contributed by atoms with Crippen molar-refractivity contribution in [2.75, 3.05) is 20.2 Å². The van der Waals surface area contributed by atoms with Crippen LogP contribution in [0.2, 0.25) is 0 Å². The Morgan fingerprint density at radius 2 is 1.97 bits per heavy atom. The SMILES string of the molecule is COC(=O)N[C@@H](Cc1ccccc1)[C@H](O)CN1CC2=CCCC[C@H]2C[C@H]1C(=O)NOC(C)(C)C. The first-order valence-corrected chi connectivity index (χ1v) is 12.1. The summed E-state index contributed by atoms with van der Waals surface area (Å²) in [6.45, 7) is 6.49. The first kappa shape index (κ1) is 26.2. The average molecular weight is 474 g/mol. The van der Waals surface area contributed by atoms with Crippen LogP contribution in [-0.4, -0.2) is 66.0 Å². The van der Waals surface area contributed by atoms with Crippen LogP contribution in [0.1, 0.15) is 52.0 Å². The number of piperidine rings is 1. The third-order valence-corrected chi connectivity index (χ3v) is 6.46. The van der Waals surface area contributed by atoms with E-state index in [2.05, 4.69) is 16.9 Å². The Morgan fingerprint density at radius 1 is 1.24 bits per heavy atom. The van der Waals surface area contributed by atoms with Gasteiger partial charge in [0.15, 0.2) is 0 Å². The fraction of sp³-hybridized carbons (Fsp3) is 0.615. The molecule has 1 fully saturated rings. The third kappa shape index (κ3) is 7.55. The highest BCUT2D eigenvalue weighted by Gasteiger charge is 2.39. The van der Waals surface area contributed by atoms with Crippen molar-refractivity contribution in [3.05, 3.63) is 47.5 Å². The Bertz CT molecular complexity index is 852. The molecule has 0 spiro atoms. The number of aliphatic hydroxyl groups is 1. The molecule has 1 aliphatic heterocycles. The number of amides is 2. The van der Waals surface area contributed by atoms with Crippen molar-refractivity contribution in [2.24, 2.45) is 5.92 Å². The first-order valence-electron chi connectivity index (χ1n) is 12.1. The Morgan fingerprint density at radius 3 is 2.65 bits per heavy atom. The molecule has 0 radical (unpaired) electrons. The predicted octanol–water partition coefficient (Wildman–Crippen LogP) is 2.96. The Kier molecular flexibility index (Phi) is 9.10. The van der Waals surface area contributed by atoms with Crippen molar-refractivity contribution in [3.8, 4) is 0 Å². The number of alkyl carbamates (subject to hydrolysis) is 1. The summed E-state index contributed by atoms with van der Waals surface area (Å²) >= 11 is 0. The van der Waals surface area contributed by atoms with Crippen molar-refractivity contribution in [1.82, 2.24) is 15.7 Å². The number of aliphatic hydroxyl groups excluding tert-OH is 1. The number of ether oxygens (including phenoxy) is 1. The standard InChI is InChI=1S/C26H39N3O5/c1-26(2,3)34-28-24(31)22-15-19-12-8-9-13-20(19)16-29(22)17-23(30)21(27-25(32)33-4)14-18-10-6-5-7-11-18/h5-7,10-11,13,19,21-23,30H,8-9,12,14-17H2,1-4H3,(H,27,32)(H,28,31)/t19-,21-,22-,23+/m0/s1. The number of hydroxylamine groups is 1. The number of fused-ring (bicyclic) bond motifs is 1. The second kappa shape index (κ2) is 11.8. The molecule has 2 aliphatic rings. The lowest BCUT2D eigenvalue weighted by Crippen LogP contribution is -2.57. The Hall–Kier alpha value is -2.42. The highest BCUT2D eigenvalue weighted by molar-refractivity contribution is 5.81. The number of hydrogen-bond acceptors (Lipinski definition) is 6. The van der Waals surface area contributed by atoms with E-state index in [0.717, 1.165) is 24.8 Å². The molecule has 8 nitrogen and oxygen atoms in total. The van der Waals surface area contributed by atoms with Crippen LogP contribution in [0.15, 0.2) is 42.0 Å². The summed E-state index contributed by atoms with van der Waals surface area (Å²) in [6.07, 6.45) is 5.17. The topological polar surface area (TPSA) is 100 Å². The van der Waals surface area contributed by atoms with Crippen LogP contribution in [0.3, 0.4) is 0 Å². The molecule has 0 saturated carbocycles. The van der Waals surface area contributed by atoms with Gasteiger partial charge < -0.3 is 15.2 Å². The van der Waals surface area contributed by atoms with E-state index in [9.17, 15) is 14.7 Å². The summed E-state index contributed by atoms with van der Waals surface area (Å²) in [5, 5.41) is 14.0. The smallest absolute Gasteiger partial charge is 0.407 e. The predicted molar refractivity (Wildman–Crippen MR) is 130 cm³/mol. The van der Waals surface area contributed by atoms with Crippen LogP contribution in [0.4, 0.5) is 4.79 Å². The summed E-state index contributed by atoms with van der Waals surface area (Å²) < 4.78 is 4.79. The van der Waals surface area contributed by atoms with Gasteiger partial charge in [0, 0.05) is 13.1 Å². The molecule has 1 saturated heterocycles. The van der Waals surface area contributed by atoms with E-state index >= 15 is 0 Å². The molecule has 8 heteroatoms. The van der Waals surface area contributed by atoms with Crippen LogP contribution in [0.5, 0.6) is 0 Å². The zero-order chi connectivity index (χ0) is 24.7. The number of nitrogens with zero attached hydrogens (tertiary/aromatic N) is 1. The minimum absolute atomic E-state index is 0.202. The molecular formula is C26H39N3O5. The van der Waals surface area contributed by atoms with Gasteiger partial charge in [-0.25, -0.2) is 10.3 Å². The van der Waals surface area contributed by atoms with Gasteiger partial charge in [0.25, 0.3) is 5.91 Å². The molecule has 0 bridgehead atoms. The van der Waals surface area contributed by atoms with E-state index in [1.807, 2.05) is 56.0 Å². The van der Waals surface area contributed by atoms with Gasteiger partial charge >= 0.3 is 6.09 Å². The van der Waals surface area contributed by atoms with Gasteiger partial charge in [-0.15, -0.1) is 0 Å². The second-order valence-corrected chi connectivity index (χ2v) is 10.3. The normalized spacial score (nSPS) is 22.7. The van der Waals surface area contributed by atoms with E-state index < -0.39 is 29.9 Å². The zero-order valence-electron chi connectivity index (χ0n) is 20.8. The molecule has 34 heavy (non-hydrogen) atoms. The molecule has 188 valence electrons. The first-order chi connectivity index (χ1) is 16.2. The molecule has 0 aromatic heterocycles. The van der Waals surface area contributed by atoms with Crippen molar-refractivity contribution in [3.63, 3.8) is 0 Å². The van der Waals surface area contributed by atoms with Gasteiger partial charge in [-0.2, -0.15) is 0 Å². The quantitative estimate of drug-likeness (QED) is 0.397. The number of carbonyl (C=O) groups is 2. The number of carbonyl (C=O) groups excluding carboxylic acids is 2. The molecule has 1 aliphatic carbocycles. The average Bonchev–Trinajstić information content (AvgIpc) is 2.81. The fourth-order valence-corrected chi connectivity index (χ4v) is 4.70. The number of likely N-dealkylation sites (tertiary alicyclic amines) is 1. The number of methoxy groups -OCH3 is 1. The van der Waals surface area contributed by atoms with Gasteiger partial charge in [-0.3, -0.25) is 14.5 Å². The van der Waals surface area contributed by atoms with Gasteiger partial charge in [-0.1, -0.05) is 42.0 Å². The van der Waals surface area contributed by atoms with Crippen LogP contribution in [0, 0.1) is 5.92 Å². The maximum absolute atomic E-state index is 13.1. The molecule has 1 aromatic carbocycles. The lowest BCUT2D eigenvalue weighted by Gasteiger charge is -2.43. The minimum Gasteiger partial charge on any atom is -0.453 e. The molecule has 1 aromatic rings. The zero-order valence-corrected chi connectivity index (χ0v) is 20.8. The summed E-state index contributed by atoms with van der Waals surface area (Å²) in [7, 11) is 1.30. The molecule has 0 unspecified atom stereocenters. The lowest BCUT2D eigenvalue weighted by molar-refractivity contribution is -0.152. The lowest BCUT2D eigenvalue weighted by atomic mass is 9.79. The fourth-order valence-electron chi connectivity index (χ4n) is 4.70. The van der Waals surface area contributed by atoms with E-state index in [-0.39, 0.29) is 12.5 Å². The number of β-amino-alcohol motifs (C(OH)–C–C–N with tert-alkyl or cyclic N) is 1. The summed E-state index contributed by atoms with van der Waals surface area (Å²) in [6, 6.07) is 8.69. The second-order valence-electron chi connectivity index (χ2n) is 10.3. The molecule has 1 heterocycles. The van der Waals surface area contributed by atoms with Gasteiger partial charge in [0.2, 0.25) is 0 Å². The van der Waals surface area contributed by atoms with Crippen LogP contribution < -0.4 is 10.8 Å². The highest BCUT2D eigenvalue weighted by Crippen LogP contribution is 2.35. The molecule has 2 amide bonds. The maximum Gasteiger partial charge on any atom is 0.407 e. The summed E-state index contributed by atoms with van der Waals surface area (Å²) in [5.74, 6) is 0.174. The number of hydrogen-bond donors (Lipinski definition) is 3. The largest absolute Gasteiger partial charge is 0.453 e. The molecular weight excluding hydrogens is 434 g/mol. The van der Waals surface area contributed by atoms with Gasteiger partial charge in [0.1, 0.15) is 0 Å². The van der Waals surface area contributed by atoms with E-state index in [1.165, 1.54) is 12.7 Å². The van der Waals surface area contributed by atoms with Gasteiger partial charge in [0.05, 0.1) is 30.9 Å². The minimum atomic E-state index is -0.904.